The molecular weight excluding hydrogens is 300 g/mol. The van der Waals surface area contributed by atoms with Gasteiger partial charge in [0.1, 0.15) is 0 Å². The average molecular weight is 319 g/mol. The maximum atomic E-state index is 6.16. The lowest BCUT2D eigenvalue weighted by Gasteiger charge is -2.29. The van der Waals surface area contributed by atoms with Crippen LogP contribution in [0.4, 0.5) is 11.4 Å². The summed E-state index contributed by atoms with van der Waals surface area (Å²) in [7, 11) is 0. The molecule has 0 aliphatic rings. The molecule has 0 bridgehead atoms. The number of rotatable bonds is 3. The molecule has 0 atom stereocenters. The molecule has 2 nitrogen and oxygen atoms in total. The Labute approximate surface area is 136 Å². The maximum Gasteiger partial charge on any atom is 0.178 e. The fraction of sp³-hybridized carbons (Fsp3) is 0.235. The number of aryl methyl sites for hydroxylation is 1. The van der Waals surface area contributed by atoms with Crippen LogP contribution in [0.15, 0.2) is 48.5 Å². The number of hydrogen-bond donors (Lipinski definition) is 1. The lowest BCUT2D eigenvalue weighted by Crippen LogP contribution is -2.40. The Morgan fingerprint density at radius 3 is 2.38 bits per heavy atom. The van der Waals surface area contributed by atoms with E-state index in [-0.39, 0.29) is 6.04 Å². The number of halogens is 1. The van der Waals surface area contributed by atoms with Crippen LogP contribution in [-0.4, -0.2) is 11.2 Å². The van der Waals surface area contributed by atoms with Gasteiger partial charge in [-0.3, -0.25) is 0 Å². The van der Waals surface area contributed by atoms with Gasteiger partial charge in [0.05, 0.1) is 0 Å². The molecule has 0 amide bonds. The van der Waals surface area contributed by atoms with Crippen molar-refractivity contribution in [3.8, 4) is 0 Å². The molecule has 2 aromatic carbocycles. The molecule has 21 heavy (non-hydrogen) atoms. The molecule has 110 valence electrons. The van der Waals surface area contributed by atoms with Crippen molar-refractivity contribution < 1.29 is 0 Å². The topological polar surface area (TPSA) is 15.3 Å². The van der Waals surface area contributed by atoms with E-state index in [1.54, 1.807) is 0 Å². The molecule has 0 aliphatic carbocycles. The maximum absolute atomic E-state index is 6.16. The monoisotopic (exact) mass is 318 g/mol. The quantitative estimate of drug-likeness (QED) is 0.777. The molecule has 1 N–H and O–H groups in total. The zero-order chi connectivity index (χ0) is 15.4. The lowest BCUT2D eigenvalue weighted by molar-refractivity contribution is 0.811. The van der Waals surface area contributed by atoms with Crippen molar-refractivity contribution in [2.45, 2.75) is 26.8 Å². The van der Waals surface area contributed by atoms with Crippen LogP contribution in [0, 0.1) is 6.92 Å². The molecule has 0 heterocycles. The number of hydrogen-bond acceptors (Lipinski definition) is 1. The van der Waals surface area contributed by atoms with Gasteiger partial charge in [0.2, 0.25) is 0 Å². The summed E-state index contributed by atoms with van der Waals surface area (Å²) in [5.41, 5.74) is 3.03. The first-order valence-electron chi connectivity index (χ1n) is 6.90. The summed E-state index contributed by atoms with van der Waals surface area (Å²) in [6.07, 6.45) is 0. The van der Waals surface area contributed by atoms with Gasteiger partial charge in [0.15, 0.2) is 5.11 Å². The van der Waals surface area contributed by atoms with Crippen LogP contribution < -0.4 is 10.2 Å². The highest BCUT2D eigenvalue weighted by Crippen LogP contribution is 2.22. The molecule has 2 aromatic rings. The predicted molar refractivity (Wildman–Crippen MR) is 96.5 cm³/mol. The van der Waals surface area contributed by atoms with E-state index in [1.165, 1.54) is 0 Å². The predicted octanol–water partition coefficient (Wildman–Crippen LogP) is 5.26. The van der Waals surface area contributed by atoms with E-state index < -0.39 is 0 Å². The second-order valence-corrected chi connectivity index (χ2v) is 5.99. The zero-order valence-electron chi connectivity index (χ0n) is 12.4. The summed E-state index contributed by atoms with van der Waals surface area (Å²) in [5.74, 6) is 0. The van der Waals surface area contributed by atoms with Crippen molar-refractivity contribution in [2.75, 3.05) is 10.2 Å². The average Bonchev–Trinajstić information content (AvgIpc) is 2.44. The van der Waals surface area contributed by atoms with E-state index in [9.17, 15) is 0 Å². The summed E-state index contributed by atoms with van der Waals surface area (Å²) in [4.78, 5) is 2.09. The molecule has 0 radical (unpaired) electrons. The Morgan fingerprint density at radius 2 is 1.81 bits per heavy atom. The fourth-order valence-corrected chi connectivity index (χ4v) is 2.71. The first kappa shape index (κ1) is 15.8. The van der Waals surface area contributed by atoms with Crippen LogP contribution in [0.2, 0.25) is 5.02 Å². The van der Waals surface area contributed by atoms with Crippen molar-refractivity contribution >= 4 is 40.3 Å². The summed E-state index contributed by atoms with van der Waals surface area (Å²) >= 11 is 11.7. The van der Waals surface area contributed by atoms with E-state index in [0.717, 1.165) is 22.0 Å². The normalized spacial score (nSPS) is 10.5. The third kappa shape index (κ3) is 3.96. The van der Waals surface area contributed by atoms with E-state index in [1.807, 2.05) is 43.3 Å². The summed E-state index contributed by atoms with van der Waals surface area (Å²) < 4.78 is 0. The van der Waals surface area contributed by atoms with Gasteiger partial charge in [-0.05, 0) is 62.8 Å². The largest absolute Gasteiger partial charge is 0.332 e. The first-order valence-corrected chi connectivity index (χ1v) is 7.69. The molecule has 0 aromatic heterocycles. The molecule has 4 heteroatoms. The molecular formula is C17H19ClN2S. The van der Waals surface area contributed by atoms with Crippen molar-refractivity contribution in [1.29, 1.82) is 0 Å². The highest BCUT2D eigenvalue weighted by atomic mass is 35.5. The van der Waals surface area contributed by atoms with Crippen LogP contribution >= 0.6 is 23.8 Å². The highest BCUT2D eigenvalue weighted by molar-refractivity contribution is 7.80. The van der Waals surface area contributed by atoms with E-state index >= 15 is 0 Å². The van der Waals surface area contributed by atoms with E-state index in [0.29, 0.717) is 5.11 Å². The van der Waals surface area contributed by atoms with E-state index in [4.69, 9.17) is 23.8 Å². The van der Waals surface area contributed by atoms with Crippen molar-refractivity contribution in [3.05, 3.63) is 59.1 Å². The minimum Gasteiger partial charge on any atom is -0.332 e. The lowest BCUT2D eigenvalue weighted by atomic mass is 10.2. The second-order valence-electron chi connectivity index (χ2n) is 5.19. The Hall–Kier alpha value is -1.58. The highest BCUT2D eigenvalue weighted by Gasteiger charge is 2.15. The minimum atomic E-state index is 0.258. The third-order valence-corrected chi connectivity index (χ3v) is 3.90. The van der Waals surface area contributed by atoms with Crippen LogP contribution in [0.25, 0.3) is 0 Å². The number of para-hydroxylation sites is 1. The molecule has 0 saturated heterocycles. The van der Waals surface area contributed by atoms with Gasteiger partial charge >= 0.3 is 0 Å². The zero-order valence-corrected chi connectivity index (χ0v) is 14.0. The standard InChI is InChI=1S/C17H19ClN2S/c1-12(2)20(15-7-5-4-6-8-15)17(21)19-14-10-9-13(3)16(18)11-14/h4-12H,1-3H3,(H,19,21). The Morgan fingerprint density at radius 1 is 1.14 bits per heavy atom. The number of anilines is 2. The van der Waals surface area contributed by atoms with Crippen molar-refractivity contribution in [3.63, 3.8) is 0 Å². The summed E-state index contributed by atoms with van der Waals surface area (Å²) in [5, 5.41) is 4.66. The minimum absolute atomic E-state index is 0.258. The number of nitrogens with zero attached hydrogens (tertiary/aromatic N) is 1. The molecule has 0 spiro atoms. The van der Waals surface area contributed by atoms with Gasteiger partial charge in [-0.25, -0.2) is 0 Å². The Kier molecular flexibility index (Phi) is 5.21. The van der Waals surface area contributed by atoms with Crippen molar-refractivity contribution in [1.82, 2.24) is 0 Å². The van der Waals surface area contributed by atoms with Gasteiger partial charge in [-0.2, -0.15) is 0 Å². The van der Waals surface area contributed by atoms with Crippen LogP contribution in [0.1, 0.15) is 19.4 Å². The van der Waals surface area contributed by atoms with E-state index in [2.05, 4.69) is 36.2 Å². The molecule has 0 fully saturated rings. The van der Waals surface area contributed by atoms with Crippen LogP contribution in [-0.2, 0) is 0 Å². The van der Waals surface area contributed by atoms with Gasteiger partial charge in [0, 0.05) is 22.4 Å². The molecule has 2 rings (SSSR count). The molecule has 0 unspecified atom stereocenters. The number of benzene rings is 2. The van der Waals surface area contributed by atoms with Crippen LogP contribution in [0.3, 0.4) is 0 Å². The smallest absolute Gasteiger partial charge is 0.178 e. The fourth-order valence-electron chi connectivity index (χ4n) is 2.09. The number of nitrogens with one attached hydrogen (secondary N) is 1. The Balaban J connectivity index is 2.21. The summed E-state index contributed by atoms with van der Waals surface area (Å²) in [6.45, 7) is 6.21. The second kappa shape index (κ2) is 6.92. The van der Waals surface area contributed by atoms with Gasteiger partial charge < -0.3 is 10.2 Å². The van der Waals surface area contributed by atoms with Gasteiger partial charge in [0.25, 0.3) is 0 Å². The third-order valence-electron chi connectivity index (χ3n) is 3.19. The van der Waals surface area contributed by atoms with Gasteiger partial charge in [-0.1, -0.05) is 35.9 Å². The van der Waals surface area contributed by atoms with Gasteiger partial charge in [-0.15, -0.1) is 0 Å². The molecule has 0 aliphatic heterocycles. The SMILES string of the molecule is Cc1ccc(NC(=S)N(c2ccccc2)C(C)C)cc1Cl. The first-order chi connectivity index (χ1) is 9.99. The summed E-state index contributed by atoms with van der Waals surface area (Å²) in [6, 6.07) is 16.2. The Bertz CT molecular complexity index is 626. The van der Waals surface area contributed by atoms with Crippen LogP contribution in [0.5, 0.6) is 0 Å². The molecule has 0 saturated carbocycles. The van der Waals surface area contributed by atoms with Crippen molar-refractivity contribution in [2.24, 2.45) is 0 Å². The number of thiocarbonyl (C=S) groups is 1.